The Labute approximate surface area is 74.8 Å². The summed E-state index contributed by atoms with van der Waals surface area (Å²) in [6.45, 7) is 7.60. The highest BCUT2D eigenvalue weighted by Gasteiger charge is 2.19. The number of ketones is 1. The van der Waals surface area contributed by atoms with Crippen molar-refractivity contribution in [3.05, 3.63) is 12.7 Å². The molecule has 70 valence electrons. The molecular weight excluding hydrogens is 150 g/mol. The molecule has 0 saturated heterocycles. The molecule has 1 unspecified atom stereocenters. The summed E-state index contributed by atoms with van der Waals surface area (Å²) in [5, 5.41) is 0. The molecule has 0 aliphatic carbocycles. The van der Waals surface area contributed by atoms with Gasteiger partial charge in [-0.25, -0.2) is 0 Å². The van der Waals surface area contributed by atoms with Crippen molar-refractivity contribution in [1.29, 1.82) is 0 Å². The molecule has 0 amide bonds. The molecule has 0 aliphatic heterocycles. The van der Waals surface area contributed by atoms with Gasteiger partial charge in [0.25, 0.3) is 0 Å². The molecule has 0 aliphatic rings. The number of rotatable bonds is 6. The molecule has 0 spiro atoms. The first-order valence-corrected chi connectivity index (χ1v) is 4.57. The Bertz CT molecular complexity index is 150. The lowest BCUT2D eigenvalue weighted by Gasteiger charge is -2.15. The standard InChI is InChI=1S/C10H19NO/c1-4-7-9(11)10(12)8(5-2)6-3/h4,8-9H,1,5-7,11H2,2-3H3. The van der Waals surface area contributed by atoms with Crippen molar-refractivity contribution < 1.29 is 4.79 Å². The number of hydrogen-bond acceptors (Lipinski definition) is 2. The van der Waals surface area contributed by atoms with E-state index < -0.39 is 0 Å². The largest absolute Gasteiger partial charge is 0.321 e. The van der Waals surface area contributed by atoms with Gasteiger partial charge in [-0.2, -0.15) is 0 Å². The Hall–Kier alpha value is -0.630. The van der Waals surface area contributed by atoms with Crippen molar-refractivity contribution in [3.63, 3.8) is 0 Å². The lowest BCUT2D eigenvalue weighted by Crippen LogP contribution is -2.34. The predicted molar refractivity (Wildman–Crippen MR) is 51.9 cm³/mol. The highest BCUT2D eigenvalue weighted by Crippen LogP contribution is 2.11. The van der Waals surface area contributed by atoms with E-state index in [1.165, 1.54) is 0 Å². The Morgan fingerprint density at radius 3 is 2.33 bits per heavy atom. The van der Waals surface area contributed by atoms with Gasteiger partial charge in [0.2, 0.25) is 0 Å². The van der Waals surface area contributed by atoms with E-state index in [-0.39, 0.29) is 17.7 Å². The Morgan fingerprint density at radius 1 is 1.50 bits per heavy atom. The lowest BCUT2D eigenvalue weighted by molar-refractivity contribution is -0.124. The van der Waals surface area contributed by atoms with Gasteiger partial charge in [-0.1, -0.05) is 19.9 Å². The zero-order valence-electron chi connectivity index (χ0n) is 8.05. The molecule has 0 bridgehead atoms. The average molecular weight is 169 g/mol. The van der Waals surface area contributed by atoms with Crippen molar-refractivity contribution in [1.82, 2.24) is 0 Å². The number of nitrogens with two attached hydrogens (primary N) is 1. The third-order valence-electron chi connectivity index (χ3n) is 2.17. The summed E-state index contributed by atoms with van der Waals surface area (Å²) in [5.74, 6) is 0.319. The molecule has 12 heavy (non-hydrogen) atoms. The third kappa shape index (κ3) is 3.18. The highest BCUT2D eigenvalue weighted by atomic mass is 16.1. The van der Waals surface area contributed by atoms with Crippen LogP contribution in [0.25, 0.3) is 0 Å². The second-order valence-electron chi connectivity index (χ2n) is 3.05. The number of hydrogen-bond donors (Lipinski definition) is 1. The van der Waals surface area contributed by atoms with Crippen molar-refractivity contribution >= 4 is 5.78 Å². The zero-order valence-corrected chi connectivity index (χ0v) is 8.05. The van der Waals surface area contributed by atoms with Gasteiger partial charge in [0.15, 0.2) is 5.78 Å². The third-order valence-corrected chi connectivity index (χ3v) is 2.17. The van der Waals surface area contributed by atoms with Crippen molar-refractivity contribution in [3.8, 4) is 0 Å². The number of carbonyl (C=O) groups excluding carboxylic acids is 1. The van der Waals surface area contributed by atoms with Crippen LogP contribution >= 0.6 is 0 Å². The molecule has 2 nitrogen and oxygen atoms in total. The highest BCUT2D eigenvalue weighted by molar-refractivity contribution is 5.86. The van der Waals surface area contributed by atoms with Crippen molar-refractivity contribution in [2.24, 2.45) is 11.7 Å². The normalized spacial score (nSPS) is 13.0. The summed E-state index contributed by atoms with van der Waals surface area (Å²) in [6.07, 6.45) is 4.07. The van der Waals surface area contributed by atoms with E-state index in [1.807, 2.05) is 13.8 Å². The zero-order chi connectivity index (χ0) is 9.56. The van der Waals surface area contributed by atoms with Crippen molar-refractivity contribution in [2.75, 3.05) is 0 Å². The first-order chi connectivity index (χ1) is 5.67. The number of carbonyl (C=O) groups is 1. The topological polar surface area (TPSA) is 43.1 Å². The summed E-state index contributed by atoms with van der Waals surface area (Å²) in [4.78, 5) is 11.5. The van der Waals surface area contributed by atoms with Crippen LogP contribution in [-0.2, 0) is 4.79 Å². The minimum absolute atomic E-state index is 0.139. The molecule has 0 aromatic heterocycles. The van der Waals surface area contributed by atoms with Gasteiger partial charge in [0.05, 0.1) is 6.04 Å². The van der Waals surface area contributed by atoms with Gasteiger partial charge in [-0.3, -0.25) is 4.79 Å². The van der Waals surface area contributed by atoms with E-state index in [1.54, 1.807) is 6.08 Å². The summed E-state index contributed by atoms with van der Waals surface area (Å²) in [7, 11) is 0. The second kappa shape index (κ2) is 5.95. The predicted octanol–water partition coefficient (Wildman–Crippen LogP) is 1.90. The van der Waals surface area contributed by atoms with E-state index >= 15 is 0 Å². The van der Waals surface area contributed by atoms with Crippen LogP contribution in [0.1, 0.15) is 33.1 Å². The summed E-state index contributed by atoms with van der Waals surface area (Å²) >= 11 is 0. The van der Waals surface area contributed by atoms with E-state index in [9.17, 15) is 4.79 Å². The van der Waals surface area contributed by atoms with Gasteiger partial charge >= 0.3 is 0 Å². The molecule has 2 heteroatoms. The van der Waals surface area contributed by atoms with Gasteiger partial charge in [0, 0.05) is 5.92 Å². The Morgan fingerprint density at radius 2 is 2.00 bits per heavy atom. The molecule has 0 radical (unpaired) electrons. The molecule has 0 aromatic carbocycles. The van der Waals surface area contributed by atoms with Gasteiger partial charge < -0.3 is 5.73 Å². The maximum atomic E-state index is 11.5. The minimum atomic E-state index is -0.340. The van der Waals surface area contributed by atoms with Crippen LogP contribution in [0.4, 0.5) is 0 Å². The van der Waals surface area contributed by atoms with Crippen LogP contribution in [0, 0.1) is 5.92 Å². The summed E-state index contributed by atoms with van der Waals surface area (Å²) in [5.41, 5.74) is 5.66. The van der Waals surface area contributed by atoms with Crippen LogP contribution in [0.15, 0.2) is 12.7 Å². The molecule has 0 saturated carbocycles. The number of Topliss-reactive ketones (excluding diaryl/α,β-unsaturated/α-hetero) is 1. The molecule has 0 aromatic rings. The monoisotopic (exact) mass is 169 g/mol. The average Bonchev–Trinajstić information content (AvgIpc) is 2.07. The summed E-state index contributed by atoms with van der Waals surface area (Å²) in [6, 6.07) is -0.340. The van der Waals surface area contributed by atoms with Crippen LogP contribution in [-0.4, -0.2) is 11.8 Å². The Balaban J connectivity index is 4.05. The quantitative estimate of drug-likeness (QED) is 0.617. The first-order valence-electron chi connectivity index (χ1n) is 4.57. The smallest absolute Gasteiger partial charge is 0.152 e. The minimum Gasteiger partial charge on any atom is -0.321 e. The van der Waals surface area contributed by atoms with Crippen LogP contribution in [0.3, 0.4) is 0 Å². The summed E-state index contributed by atoms with van der Waals surface area (Å²) < 4.78 is 0. The maximum Gasteiger partial charge on any atom is 0.152 e. The van der Waals surface area contributed by atoms with Crippen LogP contribution in [0.5, 0.6) is 0 Å². The molecule has 2 N–H and O–H groups in total. The fourth-order valence-corrected chi connectivity index (χ4v) is 1.29. The fourth-order valence-electron chi connectivity index (χ4n) is 1.29. The first kappa shape index (κ1) is 11.4. The van der Waals surface area contributed by atoms with Crippen LogP contribution in [0.2, 0.25) is 0 Å². The fraction of sp³-hybridized carbons (Fsp3) is 0.700. The van der Waals surface area contributed by atoms with Gasteiger partial charge in [-0.15, -0.1) is 6.58 Å². The molecule has 1 atom stereocenters. The lowest BCUT2D eigenvalue weighted by atomic mass is 9.92. The second-order valence-corrected chi connectivity index (χ2v) is 3.05. The Kier molecular flexibility index (Phi) is 5.64. The van der Waals surface area contributed by atoms with E-state index in [0.717, 1.165) is 12.8 Å². The SMILES string of the molecule is C=CCC(N)C(=O)C(CC)CC. The molecule has 0 fully saturated rings. The molecule has 0 rings (SSSR count). The molecular formula is C10H19NO. The van der Waals surface area contributed by atoms with Gasteiger partial charge in [0.1, 0.15) is 0 Å². The van der Waals surface area contributed by atoms with E-state index in [0.29, 0.717) is 6.42 Å². The van der Waals surface area contributed by atoms with Gasteiger partial charge in [-0.05, 0) is 19.3 Å². The van der Waals surface area contributed by atoms with Crippen LogP contribution < -0.4 is 5.73 Å². The maximum absolute atomic E-state index is 11.5. The van der Waals surface area contributed by atoms with E-state index in [4.69, 9.17) is 5.73 Å². The van der Waals surface area contributed by atoms with Crippen molar-refractivity contribution in [2.45, 2.75) is 39.2 Å². The molecule has 0 heterocycles. The van der Waals surface area contributed by atoms with E-state index in [2.05, 4.69) is 6.58 Å².